The lowest BCUT2D eigenvalue weighted by molar-refractivity contribution is 0.0662. The maximum atomic E-state index is 9.63. The molecule has 1 aliphatic rings. The number of nitrogens with zero attached hydrogens (tertiary/aromatic N) is 1. The Morgan fingerprint density at radius 1 is 1.73 bits per heavy atom. The zero-order valence-electron chi connectivity index (χ0n) is 7.38. The fourth-order valence-electron chi connectivity index (χ4n) is 1.48. The van der Waals surface area contributed by atoms with E-state index in [1.165, 1.54) is 0 Å². The lowest BCUT2D eigenvalue weighted by Crippen LogP contribution is -2.34. The van der Waals surface area contributed by atoms with Crippen LogP contribution < -0.4 is 0 Å². The second-order valence-electron chi connectivity index (χ2n) is 3.69. The van der Waals surface area contributed by atoms with Gasteiger partial charge in [-0.3, -0.25) is 4.90 Å². The average molecular weight is 155 g/mol. The van der Waals surface area contributed by atoms with Gasteiger partial charge in [-0.2, -0.15) is 0 Å². The van der Waals surface area contributed by atoms with Gasteiger partial charge < -0.3 is 5.11 Å². The van der Waals surface area contributed by atoms with Crippen molar-refractivity contribution >= 4 is 0 Å². The molecule has 11 heavy (non-hydrogen) atoms. The van der Waals surface area contributed by atoms with Gasteiger partial charge in [-0.25, -0.2) is 0 Å². The summed E-state index contributed by atoms with van der Waals surface area (Å²) in [6.45, 7) is 9.49. The first kappa shape index (κ1) is 8.75. The molecule has 2 nitrogen and oxygen atoms in total. The first-order valence-corrected chi connectivity index (χ1v) is 4.14. The van der Waals surface area contributed by atoms with Crippen molar-refractivity contribution in [1.29, 1.82) is 0 Å². The molecule has 2 unspecified atom stereocenters. The normalized spacial score (nSPS) is 35.5. The Kier molecular flexibility index (Phi) is 2.35. The monoisotopic (exact) mass is 155 g/mol. The Morgan fingerprint density at radius 2 is 2.36 bits per heavy atom. The average Bonchev–Trinajstić information content (AvgIpc) is 2.29. The molecule has 0 aliphatic carbocycles. The van der Waals surface area contributed by atoms with Crippen molar-refractivity contribution in [2.24, 2.45) is 0 Å². The molecule has 1 rings (SSSR count). The van der Waals surface area contributed by atoms with Gasteiger partial charge in [0.25, 0.3) is 0 Å². The van der Waals surface area contributed by atoms with Crippen LogP contribution in [-0.4, -0.2) is 34.7 Å². The molecule has 1 fully saturated rings. The van der Waals surface area contributed by atoms with E-state index in [9.17, 15) is 5.11 Å². The molecule has 1 aliphatic heterocycles. The third-order valence-electron chi connectivity index (χ3n) is 2.40. The SMILES string of the molecule is C=CC(C)N1CCC(C)(O)C1. The Balaban J connectivity index is 2.47. The predicted octanol–water partition coefficient (Wildman–Crippen LogP) is 1.02. The summed E-state index contributed by atoms with van der Waals surface area (Å²) in [5.74, 6) is 0. The highest BCUT2D eigenvalue weighted by Gasteiger charge is 2.32. The number of hydrogen-bond acceptors (Lipinski definition) is 2. The third-order valence-corrected chi connectivity index (χ3v) is 2.40. The largest absolute Gasteiger partial charge is 0.389 e. The molecule has 0 radical (unpaired) electrons. The minimum atomic E-state index is -0.475. The van der Waals surface area contributed by atoms with E-state index in [1.54, 1.807) is 0 Å². The van der Waals surface area contributed by atoms with Crippen LogP contribution in [0.15, 0.2) is 12.7 Å². The van der Waals surface area contributed by atoms with Crippen LogP contribution in [0.25, 0.3) is 0 Å². The molecule has 0 bridgehead atoms. The van der Waals surface area contributed by atoms with Crippen molar-refractivity contribution in [3.8, 4) is 0 Å². The molecule has 0 aromatic heterocycles. The zero-order chi connectivity index (χ0) is 8.48. The van der Waals surface area contributed by atoms with Crippen LogP contribution in [0.1, 0.15) is 20.3 Å². The van der Waals surface area contributed by atoms with Crippen molar-refractivity contribution < 1.29 is 5.11 Å². The van der Waals surface area contributed by atoms with Gasteiger partial charge in [-0.15, -0.1) is 6.58 Å². The van der Waals surface area contributed by atoms with Crippen molar-refractivity contribution in [3.05, 3.63) is 12.7 Å². The lowest BCUT2D eigenvalue weighted by Gasteiger charge is -2.22. The van der Waals surface area contributed by atoms with E-state index in [1.807, 2.05) is 13.0 Å². The number of hydrogen-bond donors (Lipinski definition) is 1. The van der Waals surface area contributed by atoms with Gasteiger partial charge in [0, 0.05) is 19.1 Å². The van der Waals surface area contributed by atoms with Crippen LogP contribution in [-0.2, 0) is 0 Å². The molecule has 0 aromatic rings. The molecule has 0 amide bonds. The van der Waals surface area contributed by atoms with E-state index >= 15 is 0 Å². The molecule has 1 saturated heterocycles. The molecular formula is C9H17NO. The Morgan fingerprint density at radius 3 is 2.73 bits per heavy atom. The zero-order valence-corrected chi connectivity index (χ0v) is 7.38. The molecule has 0 aromatic carbocycles. The second-order valence-corrected chi connectivity index (χ2v) is 3.69. The molecule has 2 atom stereocenters. The summed E-state index contributed by atoms with van der Waals surface area (Å²) < 4.78 is 0. The highest BCUT2D eigenvalue weighted by molar-refractivity contribution is 4.93. The van der Waals surface area contributed by atoms with Crippen LogP contribution in [0.3, 0.4) is 0 Å². The molecule has 0 saturated carbocycles. The van der Waals surface area contributed by atoms with Crippen LogP contribution in [0.5, 0.6) is 0 Å². The van der Waals surface area contributed by atoms with Crippen LogP contribution in [0, 0.1) is 0 Å². The highest BCUT2D eigenvalue weighted by atomic mass is 16.3. The second kappa shape index (κ2) is 2.95. The molecule has 1 N–H and O–H groups in total. The third kappa shape index (κ3) is 2.04. The summed E-state index contributed by atoms with van der Waals surface area (Å²) in [6, 6.07) is 0.393. The van der Waals surface area contributed by atoms with Gasteiger partial charge >= 0.3 is 0 Å². The van der Waals surface area contributed by atoms with E-state index < -0.39 is 5.60 Å². The molecule has 64 valence electrons. The fraction of sp³-hybridized carbons (Fsp3) is 0.778. The van der Waals surface area contributed by atoms with Crippen molar-refractivity contribution in [2.75, 3.05) is 13.1 Å². The van der Waals surface area contributed by atoms with Crippen LogP contribution >= 0.6 is 0 Å². The van der Waals surface area contributed by atoms with E-state index in [-0.39, 0.29) is 0 Å². The Labute approximate surface area is 68.5 Å². The summed E-state index contributed by atoms with van der Waals surface area (Å²) in [5.41, 5.74) is -0.475. The maximum Gasteiger partial charge on any atom is 0.0758 e. The van der Waals surface area contributed by atoms with Gasteiger partial charge in [0.05, 0.1) is 5.60 Å². The summed E-state index contributed by atoms with van der Waals surface area (Å²) in [4.78, 5) is 2.24. The number of likely N-dealkylation sites (tertiary alicyclic amines) is 1. The summed E-state index contributed by atoms with van der Waals surface area (Å²) in [5, 5.41) is 9.63. The van der Waals surface area contributed by atoms with Crippen LogP contribution in [0.2, 0.25) is 0 Å². The first-order chi connectivity index (χ1) is 5.05. The van der Waals surface area contributed by atoms with Crippen molar-refractivity contribution in [2.45, 2.75) is 31.9 Å². The van der Waals surface area contributed by atoms with Crippen molar-refractivity contribution in [1.82, 2.24) is 4.90 Å². The topological polar surface area (TPSA) is 23.5 Å². The highest BCUT2D eigenvalue weighted by Crippen LogP contribution is 2.21. The van der Waals surface area contributed by atoms with E-state index in [0.29, 0.717) is 6.04 Å². The molecule has 1 heterocycles. The quantitative estimate of drug-likeness (QED) is 0.602. The fourth-order valence-corrected chi connectivity index (χ4v) is 1.48. The molecular weight excluding hydrogens is 138 g/mol. The molecule has 2 heteroatoms. The van der Waals surface area contributed by atoms with E-state index in [2.05, 4.69) is 18.4 Å². The first-order valence-electron chi connectivity index (χ1n) is 4.14. The van der Waals surface area contributed by atoms with Crippen molar-refractivity contribution in [3.63, 3.8) is 0 Å². The predicted molar refractivity (Wildman–Crippen MR) is 46.5 cm³/mol. The number of aliphatic hydroxyl groups is 1. The minimum Gasteiger partial charge on any atom is -0.389 e. The van der Waals surface area contributed by atoms with Gasteiger partial charge in [0.1, 0.15) is 0 Å². The van der Waals surface area contributed by atoms with Gasteiger partial charge in [-0.05, 0) is 20.3 Å². The van der Waals surface area contributed by atoms with Crippen LogP contribution in [0.4, 0.5) is 0 Å². The van der Waals surface area contributed by atoms with Gasteiger partial charge in [0.15, 0.2) is 0 Å². The summed E-state index contributed by atoms with van der Waals surface area (Å²) in [7, 11) is 0. The number of rotatable bonds is 2. The standard InChI is InChI=1S/C9H17NO/c1-4-8(2)10-6-5-9(3,11)7-10/h4,8,11H,1,5-7H2,2-3H3. The minimum absolute atomic E-state index is 0.393. The molecule has 0 spiro atoms. The van der Waals surface area contributed by atoms with Gasteiger partial charge in [0.2, 0.25) is 0 Å². The van der Waals surface area contributed by atoms with Gasteiger partial charge in [-0.1, -0.05) is 6.08 Å². The maximum absolute atomic E-state index is 9.63. The smallest absolute Gasteiger partial charge is 0.0758 e. The lowest BCUT2D eigenvalue weighted by atomic mass is 10.1. The Bertz CT molecular complexity index is 154. The number of β-amino-alcohol motifs (C(OH)–C–C–N with tert-alkyl or cyclic N) is 1. The van der Waals surface area contributed by atoms with E-state index in [0.717, 1.165) is 19.5 Å². The Hall–Kier alpha value is -0.340. The summed E-state index contributed by atoms with van der Waals surface area (Å²) in [6.07, 6.45) is 2.80. The summed E-state index contributed by atoms with van der Waals surface area (Å²) >= 11 is 0. The van der Waals surface area contributed by atoms with E-state index in [4.69, 9.17) is 0 Å².